The number of amides is 1. The van der Waals surface area contributed by atoms with E-state index >= 15 is 0 Å². The van der Waals surface area contributed by atoms with Gasteiger partial charge in [-0.1, -0.05) is 12.5 Å². The number of pyridine rings is 1. The standard InChI is InChI=1S/C17H23N3O3/c21-17(22)20-9-7-15-12(10-20)4-5-16(18-15)23-14-6-8-19(11-14)13-2-1-3-13/h4-5,13-14H,1-3,6-11H2,(H,21,22)/t14-/m0/s1. The van der Waals surface area contributed by atoms with Crippen molar-refractivity contribution in [2.45, 2.75) is 50.8 Å². The summed E-state index contributed by atoms with van der Waals surface area (Å²) in [5.74, 6) is 0.688. The molecule has 2 fully saturated rings. The third kappa shape index (κ3) is 3.00. The molecule has 0 aromatic carbocycles. The molecule has 4 rings (SSSR count). The SMILES string of the molecule is O=C(O)N1CCc2nc(O[C@H]3CCN(C4CCC4)C3)ccc2C1. The first-order chi connectivity index (χ1) is 11.2. The molecule has 0 unspecified atom stereocenters. The Labute approximate surface area is 136 Å². The first-order valence-electron chi connectivity index (χ1n) is 8.56. The molecule has 1 atom stereocenters. The van der Waals surface area contributed by atoms with E-state index in [2.05, 4.69) is 9.88 Å². The van der Waals surface area contributed by atoms with Crippen LogP contribution in [-0.2, 0) is 13.0 Å². The summed E-state index contributed by atoms with van der Waals surface area (Å²) in [6.07, 6.45) is 5.15. The molecule has 3 aliphatic rings. The normalized spacial score (nSPS) is 25.0. The van der Waals surface area contributed by atoms with Crippen LogP contribution in [0.4, 0.5) is 4.79 Å². The lowest BCUT2D eigenvalue weighted by Crippen LogP contribution is -2.39. The van der Waals surface area contributed by atoms with Crippen molar-refractivity contribution in [3.05, 3.63) is 23.4 Å². The molecule has 0 spiro atoms. The van der Waals surface area contributed by atoms with E-state index < -0.39 is 6.09 Å². The van der Waals surface area contributed by atoms with Crippen LogP contribution in [-0.4, -0.2) is 57.8 Å². The van der Waals surface area contributed by atoms with Crippen LogP contribution in [0, 0.1) is 0 Å². The topological polar surface area (TPSA) is 65.9 Å². The molecule has 1 amide bonds. The number of aromatic nitrogens is 1. The van der Waals surface area contributed by atoms with Crippen LogP contribution in [0.15, 0.2) is 12.1 Å². The van der Waals surface area contributed by atoms with Gasteiger partial charge in [-0.25, -0.2) is 9.78 Å². The van der Waals surface area contributed by atoms with Crippen molar-refractivity contribution in [1.82, 2.24) is 14.8 Å². The number of hydrogen-bond acceptors (Lipinski definition) is 4. The molecule has 1 aromatic rings. The van der Waals surface area contributed by atoms with Crippen LogP contribution >= 0.6 is 0 Å². The van der Waals surface area contributed by atoms with Gasteiger partial charge in [-0.05, 0) is 24.8 Å². The smallest absolute Gasteiger partial charge is 0.407 e. The molecular weight excluding hydrogens is 294 g/mol. The number of likely N-dealkylation sites (tertiary alicyclic amines) is 1. The van der Waals surface area contributed by atoms with Gasteiger partial charge in [0.15, 0.2) is 0 Å². The highest BCUT2D eigenvalue weighted by Crippen LogP contribution is 2.29. The van der Waals surface area contributed by atoms with Gasteiger partial charge in [-0.3, -0.25) is 4.90 Å². The second-order valence-electron chi connectivity index (χ2n) is 6.82. The lowest BCUT2D eigenvalue weighted by atomic mass is 9.92. The second-order valence-corrected chi connectivity index (χ2v) is 6.82. The van der Waals surface area contributed by atoms with Crippen LogP contribution in [0.25, 0.3) is 0 Å². The van der Waals surface area contributed by atoms with Gasteiger partial charge in [-0.15, -0.1) is 0 Å². The predicted octanol–water partition coefficient (Wildman–Crippen LogP) is 2.12. The molecule has 6 nitrogen and oxygen atoms in total. The molecule has 124 valence electrons. The molecule has 0 bridgehead atoms. The number of ether oxygens (including phenoxy) is 1. The van der Waals surface area contributed by atoms with Gasteiger partial charge in [0.25, 0.3) is 0 Å². The summed E-state index contributed by atoms with van der Waals surface area (Å²) in [4.78, 5) is 19.6. The molecule has 1 aromatic heterocycles. The zero-order valence-electron chi connectivity index (χ0n) is 13.3. The minimum Gasteiger partial charge on any atom is -0.473 e. The van der Waals surface area contributed by atoms with Crippen LogP contribution in [0.1, 0.15) is 36.9 Å². The Kier molecular flexibility index (Phi) is 3.85. The maximum Gasteiger partial charge on any atom is 0.407 e. The van der Waals surface area contributed by atoms with Crippen LogP contribution in [0.5, 0.6) is 5.88 Å². The number of hydrogen-bond donors (Lipinski definition) is 1. The van der Waals surface area contributed by atoms with Crippen LogP contribution in [0.2, 0.25) is 0 Å². The van der Waals surface area contributed by atoms with Gasteiger partial charge in [0.2, 0.25) is 5.88 Å². The molecule has 0 radical (unpaired) electrons. The molecular formula is C17H23N3O3. The van der Waals surface area contributed by atoms with Crippen molar-refractivity contribution in [2.75, 3.05) is 19.6 Å². The number of rotatable bonds is 3. The summed E-state index contributed by atoms with van der Waals surface area (Å²) in [5.41, 5.74) is 1.97. The highest BCUT2D eigenvalue weighted by molar-refractivity contribution is 5.65. The fourth-order valence-electron chi connectivity index (χ4n) is 3.73. The zero-order chi connectivity index (χ0) is 15.8. The highest BCUT2D eigenvalue weighted by Gasteiger charge is 2.32. The van der Waals surface area contributed by atoms with Crippen molar-refractivity contribution in [3.8, 4) is 5.88 Å². The van der Waals surface area contributed by atoms with Crippen molar-refractivity contribution < 1.29 is 14.6 Å². The van der Waals surface area contributed by atoms with Crippen molar-refractivity contribution in [2.24, 2.45) is 0 Å². The van der Waals surface area contributed by atoms with E-state index in [9.17, 15) is 4.79 Å². The molecule has 1 saturated heterocycles. The third-order valence-corrected chi connectivity index (χ3v) is 5.35. The van der Waals surface area contributed by atoms with Gasteiger partial charge in [0.1, 0.15) is 6.10 Å². The fourth-order valence-corrected chi connectivity index (χ4v) is 3.73. The lowest BCUT2D eigenvalue weighted by Gasteiger charge is -2.34. The summed E-state index contributed by atoms with van der Waals surface area (Å²) < 4.78 is 6.08. The molecule has 1 aliphatic carbocycles. The summed E-state index contributed by atoms with van der Waals surface area (Å²) in [5, 5.41) is 9.08. The molecule has 2 aliphatic heterocycles. The minimum absolute atomic E-state index is 0.236. The second kappa shape index (κ2) is 6.00. The van der Waals surface area contributed by atoms with E-state index in [1.165, 1.54) is 24.2 Å². The molecule has 3 heterocycles. The molecule has 6 heteroatoms. The summed E-state index contributed by atoms with van der Waals surface area (Å²) >= 11 is 0. The Balaban J connectivity index is 1.38. The Morgan fingerprint density at radius 1 is 1.26 bits per heavy atom. The fraction of sp³-hybridized carbons (Fsp3) is 0.647. The number of carboxylic acid groups (broad SMARTS) is 1. The Morgan fingerprint density at radius 3 is 2.87 bits per heavy atom. The van der Waals surface area contributed by atoms with Gasteiger partial charge in [0.05, 0.1) is 12.2 Å². The average Bonchev–Trinajstić information content (AvgIpc) is 2.92. The quantitative estimate of drug-likeness (QED) is 0.925. The lowest BCUT2D eigenvalue weighted by molar-refractivity contribution is 0.130. The Hall–Kier alpha value is -1.82. The summed E-state index contributed by atoms with van der Waals surface area (Å²) in [6, 6.07) is 4.63. The molecule has 1 N–H and O–H groups in total. The predicted molar refractivity (Wildman–Crippen MR) is 84.6 cm³/mol. The summed E-state index contributed by atoms with van der Waals surface area (Å²) in [6.45, 7) is 3.08. The highest BCUT2D eigenvalue weighted by atomic mass is 16.5. The largest absolute Gasteiger partial charge is 0.473 e. The van der Waals surface area contributed by atoms with E-state index in [4.69, 9.17) is 9.84 Å². The van der Waals surface area contributed by atoms with Crippen molar-refractivity contribution in [1.29, 1.82) is 0 Å². The summed E-state index contributed by atoms with van der Waals surface area (Å²) in [7, 11) is 0. The van der Waals surface area contributed by atoms with Crippen LogP contribution in [0.3, 0.4) is 0 Å². The number of fused-ring (bicyclic) bond motifs is 1. The maximum atomic E-state index is 11.1. The van der Waals surface area contributed by atoms with E-state index in [0.29, 0.717) is 25.4 Å². The number of carbonyl (C=O) groups is 1. The van der Waals surface area contributed by atoms with E-state index in [1.54, 1.807) is 0 Å². The van der Waals surface area contributed by atoms with Crippen LogP contribution < -0.4 is 4.74 Å². The average molecular weight is 317 g/mol. The molecule has 23 heavy (non-hydrogen) atoms. The van der Waals surface area contributed by atoms with Gasteiger partial charge < -0.3 is 14.7 Å². The van der Waals surface area contributed by atoms with Crippen molar-refractivity contribution in [3.63, 3.8) is 0 Å². The van der Waals surface area contributed by atoms with E-state index in [1.807, 2.05) is 12.1 Å². The van der Waals surface area contributed by atoms with E-state index in [0.717, 1.165) is 36.8 Å². The Morgan fingerprint density at radius 2 is 2.13 bits per heavy atom. The number of nitrogens with zero attached hydrogens (tertiary/aromatic N) is 3. The van der Waals surface area contributed by atoms with Crippen molar-refractivity contribution >= 4 is 6.09 Å². The van der Waals surface area contributed by atoms with E-state index in [-0.39, 0.29) is 6.10 Å². The first kappa shape index (κ1) is 14.8. The molecule has 1 saturated carbocycles. The van der Waals surface area contributed by atoms with Gasteiger partial charge in [-0.2, -0.15) is 0 Å². The maximum absolute atomic E-state index is 11.1. The van der Waals surface area contributed by atoms with Gasteiger partial charge in [0, 0.05) is 38.2 Å². The minimum atomic E-state index is -0.863. The monoisotopic (exact) mass is 317 g/mol. The Bertz CT molecular complexity index is 603. The van der Waals surface area contributed by atoms with Gasteiger partial charge >= 0.3 is 6.09 Å². The zero-order valence-corrected chi connectivity index (χ0v) is 13.3. The first-order valence-corrected chi connectivity index (χ1v) is 8.56. The third-order valence-electron chi connectivity index (χ3n) is 5.35.